The Labute approximate surface area is 85.0 Å². The highest BCUT2D eigenvalue weighted by molar-refractivity contribution is 14.1. The summed E-state index contributed by atoms with van der Waals surface area (Å²) >= 11 is 2.12. The van der Waals surface area contributed by atoms with Gasteiger partial charge in [-0.25, -0.2) is 0 Å². The van der Waals surface area contributed by atoms with E-state index in [9.17, 15) is 0 Å². The minimum atomic E-state index is -0.0680. The Kier molecular flexibility index (Phi) is 3.06. The third kappa shape index (κ3) is 1.76. The quantitative estimate of drug-likeness (QED) is 0.795. The first-order chi connectivity index (χ1) is 5.69. The van der Waals surface area contributed by atoms with Crippen LogP contribution in [0.5, 0.6) is 0 Å². The van der Waals surface area contributed by atoms with E-state index in [1.54, 1.807) is 6.07 Å². The molecule has 0 bridgehead atoms. The number of aliphatic hydroxyl groups is 1. The molecule has 0 spiro atoms. The summed E-state index contributed by atoms with van der Waals surface area (Å²) < 4.78 is 0.951. The molecule has 1 rings (SSSR count). The van der Waals surface area contributed by atoms with Crippen LogP contribution in [0.4, 0.5) is 0 Å². The SMILES string of the molecule is Cc1cc(I)c(CO)c(C#N)c1. The predicted octanol–water partition coefficient (Wildman–Crippen LogP) is 1.96. The van der Waals surface area contributed by atoms with Gasteiger partial charge < -0.3 is 5.11 Å². The first-order valence-corrected chi connectivity index (χ1v) is 4.57. The molecule has 1 aromatic carbocycles. The molecule has 2 nitrogen and oxygen atoms in total. The minimum Gasteiger partial charge on any atom is -0.392 e. The first kappa shape index (κ1) is 9.49. The molecule has 0 aliphatic rings. The van der Waals surface area contributed by atoms with Crippen LogP contribution in [0.1, 0.15) is 16.7 Å². The van der Waals surface area contributed by atoms with Crippen LogP contribution in [-0.2, 0) is 6.61 Å². The molecule has 0 aliphatic heterocycles. The summed E-state index contributed by atoms with van der Waals surface area (Å²) in [4.78, 5) is 0. The van der Waals surface area contributed by atoms with Gasteiger partial charge in [-0.15, -0.1) is 0 Å². The maximum absolute atomic E-state index is 8.97. The van der Waals surface area contributed by atoms with E-state index in [-0.39, 0.29) is 6.61 Å². The monoisotopic (exact) mass is 273 g/mol. The Morgan fingerprint density at radius 2 is 2.25 bits per heavy atom. The molecule has 0 atom stereocenters. The summed E-state index contributed by atoms with van der Waals surface area (Å²) in [7, 11) is 0. The third-order valence-corrected chi connectivity index (χ3v) is 2.58. The van der Waals surface area contributed by atoms with E-state index in [0.29, 0.717) is 5.56 Å². The van der Waals surface area contributed by atoms with E-state index in [4.69, 9.17) is 10.4 Å². The summed E-state index contributed by atoms with van der Waals surface area (Å²) in [6.45, 7) is 1.87. The van der Waals surface area contributed by atoms with Crippen molar-refractivity contribution in [3.05, 3.63) is 32.4 Å². The Hall–Kier alpha value is -0.600. The number of rotatable bonds is 1. The van der Waals surface area contributed by atoms with Crippen LogP contribution >= 0.6 is 22.6 Å². The molecule has 0 radical (unpaired) electrons. The van der Waals surface area contributed by atoms with Crippen LogP contribution in [-0.4, -0.2) is 5.11 Å². The minimum absolute atomic E-state index is 0.0680. The van der Waals surface area contributed by atoms with Gasteiger partial charge in [0, 0.05) is 9.13 Å². The number of hydrogen-bond donors (Lipinski definition) is 1. The van der Waals surface area contributed by atoms with Crippen molar-refractivity contribution in [1.82, 2.24) is 0 Å². The molecule has 1 aromatic rings. The van der Waals surface area contributed by atoms with Gasteiger partial charge in [0.2, 0.25) is 0 Å². The first-order valence-electron chi connectivity index (χ1n) is 3.49. The number of aryl methyl sites for hydroxylation is 1. The van der Waals surface area contributed by atoms with Crippen LogP contribution in [0.3, 0.4) is 0 Å². The van der Waals surface area contributed by atoms with Crippen LogP contribution in [0, 0.1) is 21.8 Å². The molecular weight excluding hydrogens is 265 g/mol. The Morgan fingerprint density at radius 3 is 2.75 bits per heavy atom. The number of benzene rings is 1. The van der Waals surface area contributed by atoms with E-state index >= 15 is 0 Å². The number of halogens is 1. The summed E-state index contributed by atoms with van der Waals surface area (Å²) in [6, 6.07) is 5.80. The fraction of sp³-hybridized carbons (Fsp3) is 0.222. The topological polar surface area (TPSA) is 44.0 Å². The number of hydrogen-bond acceptors (Lipinski definition) is 2. The van der Waals surface area contributed by atoms with E-state index < -0.39 is 0 Å². The zero-order valence-corrected chi connectivity index (χ0v) is 8.79. The highest BCUT2D eigenvalue weighted by atomic mass is 127. The Bertz CT molecular complexity index is 341. The number of aliphatic hydroxyl groups excluding tert-OH is 1. The molecule has 0 aromatic heterocycles. The molecule has 62 valence electrons. The highest BCUT2D eigenvalue weighted by Crippen LogP contribution is 2.18. The molecule has 3 heteroatoms. The molecule has 0 heterocycles. The molecule has 12 heavy (non-hydrogen) atoms. The lowest BCUT2D eigenvalue weighted by Crippen LogP contribution is -1.94. The van der Waals surface area contributed by atoms with Crippen molar-refractivity contribution in [3.8, 4) is 6.07 Å². The van der Waals surface area contributed by atoms with Crippen molar-refractivity contribution in [2.24, 2.45) is 0 Å². The van der Waals surface area contributed by atoms with Crippen molar-refractivity contribution in [3.63, 3.8) is 0 Å². The fourth-order valence-corrected chi connectivity index (χ4v) is 1.98. The van der Waals surface area contributed by atoms with E-state index in [1.807, 2.05) is 13.0 Å². The summed E-state index contributed by atoms with van der Waals surface area (Å²) in [5.74, 6) is 0. The van der Waals surface area contributed by atoms with Gasteiger partial charge in [-0.3, -0.25) is 0 Å². The predicted molar refractivity (Wildman–Crippen MR) is 54.5 cm³/mol. The molecule has 0 saturated carbocycles. The van der Waals surface area contributed by atoms with E-state index in [2.05, 4.69) is 28.7 Å². The highest BCUT2D eigenvalue weighted by Gasteiger charge is 2.05. The van der Waals surface area contributed by atoms with E-state index in [1.165, 1.54) is 0 Å². The van der Waals surface area contributed by atoms with Crippen molar-refractivity contribution in [2.75, 3.05) is 0 Å². The zero-order valence-electron chi connectivity index (χ0n) is 6.63. The Balaban J connectivity index is 3.36. The molecule has 0 saturated heterocycles. The largest absolute Gasteiger partial charge is 0.392 e. The van der Waals surface area contributed by atoms with Crippen molar-refractivity contribution >= 4 is 22.6 Å². The summed E-state index contributed by atoms with van der Waals surface area (Å²) in [6.07, 6.45) is 0. The van der Waals surface area contributed by atoms with Crippen LogP contribution in [0.2, 0.25) is 0 Å². The Morgan fingerprint density at radius 1 is 1.58 bits per heavy atom. The van der Waals surface area contributed by atoms with Gasteiger partial charge in [-0.1, -0.05) is 0 Å². The second-order valence-electron chi connectivity index (χ2n) is 2.54. The average Bonchev–Trinajstić information content (AvgIpc) is 2.03. The van der Waals surface area contributed by atoms with Crippen LogP contribution < -0.4 is 0 Å². The zero-order chi connectivity index (χ0) is 9.14. The second-order valence-corrected chi connectivity index (χ2v) is 3.70. The lowest BCUT2D eigenvalue weighted by molar-refractivity contribution is 0.280. The maximum atomic E-state index is 8.97. The molecule has 0 unspecified atom stereocenters. The second kappa shape index (κ2) is 3.87. The number of nitrogens with zero attached hydrogens (tertiary/aromatic N) is 1. The molecular formula is C9H8INO. The molecule has 0 amide bonds. The smallest absolute Gasteiger partial charge is 0.0995 e. The fourth-order valence-electron chi connectivity index (χ4n) is 1.03. The lowest BCUT2D eigenvalue weighted by atomic mass is 10.1. The van der Waals surface area contributed by atoms with Gasteiger partial charge in [0.05, 0.1) is 18.2 Å². The standard InChI is InChI=1S/C9H8INO/c1-6-2-7(4-11)8(5-12)9(10)3-6/h2-3,12H,5H2,1H3. The van der Waals surface area contributed by atoms with Gasteiger partial charge in [0.15, 0.2) is 0 Å². The van der Waals surface area contributed by atoms with Crippen molar-refractivity contribution < 1.29 is 5.11 Å². The number of nitriles is 1. The maximum Gasteiger partial charge on any atom is 0.0995 e. The van der Waals surface area contributed by atoms with Crippen LogP contribution in [0.15, 0.2) is 12.1 Å². The average molecular weight is 273 g/mol. The third-order valence-electron chi connectivity index (χ3n) is 1.62. The van der Waals surface area contributed by atoms with Gasteiger partial charge in [-0.05, 0) is 47.2 Å². The normalized spacial score (nSPS) is 9.50. The summed E-state index contributed by atoms with van der Waals surface area (Å²) in [5.41, 5.74) is 2.35. The lowest BCUT2D eigenvalue weighted by Gasteiger charge is -2.04. The van der Waals surface area contributed by atoms with Crippen molar-refractivity contribution in [2.45, 2.75) is 13.5 Å². The summed E-state index contributed by atoms with van der Waals surface area (Å²) in [5, 5.41) is 17.7. The van der Waals surface area contributed by atoms with Gasteiger partial charge in [0.25, 0.3) is 0 Å². The van der Waals surface area contributed by atoms with Gasteiger partial charge in [-0.2, -0.15) is 5.26 Å². The van der Waals surface area contributed by atoms with Gasteiger partial charge >= 0.3 is 0 Å². The molecule has 0 aliphatic carbocycles. The van der Waals surface area contributed by atoms with Crippen LogP contribution in [0.25, 0.3) is 0 Å². The van der Waals surface area contributed by atoms with Crippen molar-refractivity contribution in [1.29, 1.82) is 5.26 Å². The molecule has 1 N–H and O–H groups in total. The van der Waals surface area contributed by atoms with E-state index in [0.717, 1.165) is 14.7 Å². The molecule has 0 fully saturated rings. The van der Waals surface area contributed by atoms with Gasteiger partial charge in [0.1, 0.15) is 0 Å².